The number of carbonyl (C=O) groups excluding carboxylic acids is 2. The lowest BCUT2D eigenvalue weighted by Gasteiger charge is -2.40. The minimum absolute atomic E-state index is 0.0523. The number of non-ortho nitro benzene ring substituents is 1. The maximum absolute atomic E-state index is 13.0. The molecule has 1 fully saturated rings. The number of aromatic nitrogens is 3. The van der Waals surface area contributed by atoms with E-state index in [0.717, 1.165) is 28.0 Å². The van der Waals surface area contributed by atoms with Crippen molar-refractivity contribution in [1.29, 1.82) is 0 Å². The Bertz CT molecular complexity index is 1580. The molecule has 1 unspecified atom stereocenters. The highest BCUT2D eigenvalue weighted by molar-refractivity contribution is 7.99. The molecule has 0 radical (unpaired) electrons. The molecule has 1 saturated heterocycles. The third-order valence-electron chi connectivity index (χ3n) is 7.33. The minimum atomic E-state index is -0.492. The van der Waals surface area contributed by atoms with Crippen molar-refractivity contribution >= 4 is 29.3 Å². The maximum atomic E-state index is 13.0. The zero-order chi connectivity index (χ0) is 30.3. The largest absolute Gasteiger partial charge is 0.497 e. The Morgan fingerprint density at radius 3 is 2.37 bits per heavy atom. The number of benzene rings is 3. The van der Waals surface area contributed by atoms with Crippen LogP contribution in [-0.2, 0) is 4.79 Å². The number of nitrogens with zero attached hydrogens (tertiary/aromatic N) is 6. The van der Waals surface area contributed by atoms with E-state index in [2.05, 4.69) is 10.2 Å². The molecule has 2 heterocycles. The van der Waals surface area contributed by atoms with Gasteiger partial charge in [0.15, 0.2) is 11.0 Å². The third-order valence-corrected chi connectivity index (χ3v) is 8.34. The van der Waals surface area contributed by atoms with Gasteiger partial charge in [0.2, 0.25) is 5.91 Å². The number of amides is 2. The number of methoxy groups -OCH3 is 1. The fourth-order valence-corrected chi connectivity index (χ4v) is 5.91. The standard InChI is InChI=1S/C31H32N6O5S/c1-22-21-34(18-19-35(22)30(39)24-10-12-26(13-11-24)37(40)41)28(38)9-6-20-43-31-33-32-29(23-7-4-3-5-8-23)36(31)25-14-16-27(42-2)17-15-25/h3-5,7-8,10-17,22H,6,9,18-21H2,1-2H3. The predicted molar refractivity (Wildman–Crippen MR) is 163 cm³/mol. The van der Waals surface area contributed by atoms with Crippen molar-refractivity contribution in [3.8, 4) is 22.8 Å². The van der Waals surface area contributed by atoms with E-state index in [9.17, 15) is 19.7 Å². The van der Waals surface area contributed by atoms with Gasteiger partial charge in [-0.05, 0) is 49.7 Å². The predicted octanol–water partition coefficient (Wildman–Crippen LogP) is 5.10. The van der Waals surface area contributed by atoms with Gasteiger partial charge in [-0.2, -0.15) is 0 Å². The summed E-state index contributed by atoms with van der Waals surface area (Å²) in [4.78, 5) is 40.0. The van der Waals surface area contributed by atoms with Crippen molar-refractivity contribution in [3.05, 3.63) is 94.5 Å². The number of ether oxygens (including phenoxy) is 1. The number of rotatable bonds is 10. The monoisotopic (exact) mass is 600 g/mol. The molecule has 0 saturated carbocycles. The van der Waals surface area contributed by atoms with Crippen LogP contribution in [-0.4, -0.2) is 79.8 Å². The van der Waals surface area contributed by atoms with Crippen molar-refractivity contribution in [2.75, 3.05) is 32.5 Å². The first-order valence-corrected chi connectivity index (χ1v) is 15.0. The average Bonchev–Trinajstić information content (AvgIpc) is 3.47. The highest BCUT2D eigenvalue weighted by Gasteiger charge is 2.30. The van der Waals surface area contributed by atoms with Crippen molar-refractivity contribution in [2.45, 2.75) is 31.0 Å². The molecule has 0 spiro atoms. The molecular weight excluding hydrogens is 568 g/mol. The fraction of sp³-hybridized carbons (Fsp3) is 0.290. The van der Waals surface area contributed by atoms with Crippen LogP contribution >= 0.6 is 11.8 Å². The van der Waals surface area contributed by atoms with Gasteiger partial charge >= 0.3 is 0 Å². The first-order valence-electron chi connectivity index (χ1n) is 14.0. The summed E-state index contributed by atoms with van der Waals surface area (Å²) in [7, 11) is 1.63. The van der Waals surface area contributed by atoms with Gasteiger partial charge in [-0.1, -0.05) is 42.1 Å². The van der Waals surface area contributed by atoms with Crippen LogP contribution in [0.25, 0.3) is 17.1 Å². The molecule has 0 bridgehead atoms. The Balaban J connectivity index is 1.16. The summed E-state index contributed by atoms with van der Waals surface area (Å²) in [6.07, 6.45) is 1.05. The summed E-state index contributed by atoms with van der Waals surface area (Å²) in [6.45, 7) is 3.21. The molecular formula is C31H32N6O5S. The summed E-state index contributed by atoms with van der Waals surface area (Å²) in [5.74, 6) is 2.04. The molecule has 1 aliphatic rings. The van der Waals surface area contributed by atoms with Gasteiger partial charge in [0.1, 0.15) is 5.75 Å². The third kappa shape index (κ3) is 6.86. The quantitative estimate of drug-likeness (QED) is 0.107. The fourth-order valence-electron chi connectivity index (χ4n) is 5.02. The normalized spacial score (nSPS) is 14.9. The summed E-state index contributed by atoms with van der Waals surface area (Å²) in [5, 5.41) is 20.6. The lowest BCUT2D eigenvalue weighted by atomic mass is 10.1. The Hall–Kier alpha value is -4.71. The molecule has 1 atom stereocenters. The van der Waals surface area contributed by atoms with E-state index in [4.69, 9.17) is 4.74 Å². The summed E-state index contributed by atoms with van der Waals surface area (Å²) in [6, 6.07) is 23.1. The molecule has 222 valence electrons. The van der Waals surface area contributed by atoms with E-state index >= 15 is 0 Å². The highest BCUT2D eigenvalue weighted by Crippen LogP contribution is 2.29. The zero-order valence-corrected chi connectivity index (χ0v) is 24.8. The van der Waals surface area contributed by atoms with Gasteiger partial charge in [-0.25, -0.2) is 0 Å². The Morgan fingerprint density at radius 2 is 1.72 bits per heavy atom. The summed E-state index contributed by atoms with van der Waals surface area (Å²) >= 11 is 1.55. The van der Waals surface area contributed by atoms with Crippen LogP contribution < -0.4 is 4.74 Å². The highest BCUT2D eigenvalue weighted by atomic mass is 32.2. The maximum Gasteiger partial charge on any atom is 0.269 e. The van der Waals surface area contributed by atoms with Crippen LogP contribution in [0, 0.1) is 10.1 Å². The van der Waals surface area contributed by atoms with E-state index in [1.165, 1.54) is 24.3 Å². The number of hydrogen-bond donors (Lipinski definition) is 0. The summed E-state index contributed by atoms with van der Waals surface area (Å²) in [5.41, 5.74) is 2.20. The zero-order valence-electron chi connectivity index (χ0n) is 24.0. The van der Waals surface area contributed by atoms with Crippen molar-refractivity contribution in [2.24, 2.45) is 0 Å². The number of piperazine rings is 1. The van der Waals surface area contributed by atoms with Crippen LogP contribution in [0.1, 0.15) is 30.1 Å². The van der Waals surface area contributed by atoms with Crippen LogP contribution in [0.5, 0.6) is 5.75 Å². The molecule has 43 heavy (non-hydrogen) atoms. The lowest BCUT2D eigenvalue weighted by Crippen LogP contribution is -2.55. The Morgan fingerprint density at radius 1 is 1.00 bits per heavy atom. The second kappa shape index (κ2) is 13.5. The molecule has 2 amide bonds. The second-order valence-electron chi connectivity index (χ2n) is 10.1. The molecule has 1 aliphatic heterocycles. The second-order valence-corrected chi connectivity index (χ2v) is 11.2. The molecule has 4 aromatic rings. The van der Waals surface area contributed by atoms with Gasteiger partial charge < -0.3 is 14.5 Å². The molecule has 11 nitrogen and oxygen atoms in total. The molecule has 1 aromatic heterocycles. The van der Waals surface area contributed by atoms with Gasteiger partial charge in [0, 0.05) is 66.8 Å². The van der Waals surface area contributed by atoms with Crippen LogP contribution in [0.3, 0.4) is 0 Å². The number of hydrogen-bond acceptors (Lipinski definition) is 8. The molecule has 0 N–H and O–H groups in total. The molecule has 0 aliphatic carbocycles. The van der Waals surface area contributed by atoms with Crippen molar-refractivity contribution in [3.63, 3.8) is 0 Å². The SMILES string of the molecule is COc1ccc(-n2c(SCCCC(=O)N3CCN(C(=O)c4ccc([N+](=O)[O-])cc4)C(C)C3)nnc2-c2ccccc2)cc1. The van der Waals surface area contributed by atoms with Crippen LogP contribution in [0.4, 0.5) is 5.69 Å². The van der Waals surface area contributed by atoms with Gasteiger partial charge in [0.05, 0.1) is 12.0 Å². The minimum Gasteiger partial charge on any atom is -0.497 e. The Kier molecular flexibility index (Phi) is 9.35. The van der Waals surface area contributed by atoms with Crippen molar-refractivity contribution in [1.82, 2.24) is 24.6 Å². The summed E-state index contributed by atoms with van der Waals surface area (Å²) < 4.78 is 7.34. The van der Waals surface area contributed by atoms with E-state index in [1.54, 1.807) is 23.8 Å². The van der Waals surface area contributed by atoms with Gasteiger partial charge in [-0.3, -0.25) is 24.3 Å². The molecule has 3 aromatic carbocycles. The molecule has 5 rings (SSSR count). The van der Waals surface area contributed by atoms with E-state index in [1.807, 2.05) is 71.0 Å². The molecule has 12 heteroatoms. The smallest absolute Gasteiger partial charge is 0.269 e. The number of thioether (sulfide) groups is 1. The van der Waals surface area contributed by atoms with Crippen molar-refractivity contribution < 1.29 is 19.2 Å². The van der Waals surface area contributed by atoms with E-state index < -0.39 is 4.92 Å². The van der Waals surface area contributed by atoms with Gasteiger partial charge in [0.25, 0.3) is 11.6 Å². The van der Waals surface area contributed by atoms with E-state index in [-0.39, 0.29) is 23.5 Å². The number of nitro benzene ring substituents is 1. The van der Waals surface area contributed by atoms with E-state index in [0.29, 0.717) is 43.8 Å². The number of carbonyl (C=O) groups is 2. The topological polar surface area (TPSA) is 124 Å². The average molecular weight is 601 g/mol. The first-order chi connectivity index (χ1) is 20.9. The Labute approximate surface area is 253 Å². The first kappa shape index (κ1) is 29.8. The van der Waals surface area contributed by atoms with Crippen LogP contribution in [0.15, 0.2) is 84.0 Å². The van der Waals surface area contributed by atoms with Crippen LogP contribution in [0.2, 0.25) is 0 Å². The number of nitro groups is 1. The lowest BCUT2D eigenvalue weighted by molar-refractivity contribution is -0.384. The van der Waals surface area contributed by atoms with Gasteiger partial charge in [-0.15, -0.1) is 10.2 Å².